The van der Waals surface area contributed by atoms with Crippen LogP contribution >= 0.6 is 15.9 Å². The van der Waals surface area contributed by atoms with Crippen LogP contribution in [0.25, 0.3) is 0 Å². The quantitative estimate of drug-likeness (QED) is 0.513. The van der Waals surface area contributed by atoms with E-state index in [4.69, 9.17) is 4.74 Å². The van der Waals surface area contributed by atoms with Gasteiger partial charge in [-0.2, -0.15) is 0 Å². The van der Waals surface area contributed by atoms with Crippen molar-refractivity contribution >= 4 is 43.2 Å². The van der Waals surface area contributed by atoms with E-state index in [9.17, 15) is 22.0 Å². The average Bonchev–Trinajstić information content (AvgIpc) is 2.71. The first kappa shape index (κ1) is 21.7. The first-order chi connectivity index (χ1) is 14.2. The molecule has 6 nitrogen and oxygen atoms in total. The first-order valence-corrected chi connectivity index (χ1v) is 10.7. The van der Waals surface area contributed by atoms with E-state index in [0.29, 0.717) is 5.69 Å². The second-order valence-corrected chi connectivity index (χ2v) is 8.63. The summed E-state index contributed by atoms with van der Waals surface area (Å²) >= 11 is 3.27. The van der Waals surface area contributed by atoms with Crippen molar-refractivity contribution in [3.63, 3.8) is 0 Å². The minimum Gasteiger partial charge on any atom is -0.495 e. The summed E-state index contributed by atoms with van der Waals surface area (Å²) in [6.45, 7) is 0. The lowest BCUT2D eigenvalue weighted by Gasteiger charge is -2.14. The SMILES string of the molecule is COc1ccc(NC(=O)c2ccc(F)c(F)c2)cc1S(=O)(=O)Nc1ccc(Br)cc1. The Hall–Kier alpha value is -2.98. The maximum atomic E-state index is 13.4. The van der Waals surface area contributed by atoms with Crippen LogP contribution in [0.3, 0.4) is 0 Å². The number of nitrogens with one attached hydrogen (secondary N) is 2. The molecule has 10 heteroatoms. The van der Waals surface area contributed by atoms with Gasteiger partial charge in [0, 0.05) is 21.4 Å². The highest BCUT2D eigenvalue weighted by molar-refractivity contribution is 9.10. The molecule has 0 aromatic heterocycles. The van der Waals surface area contributed by atoms with E-state index in [2.05, 4.69) is 26.0 Å². The Morgan fingerprint density at radius 1 is 0.933 bits per heavy atom. The number of sulfonamides is 1. The Labute approximate surface area is 180 Å². The van der Waals surface area contributed by atoms with Gasteiger partial charge in [0.05, 0.1) is 7.11 Å². The van der Waals surface area contributed by atoms with Crippen LogP contribution in [-0.4, -0.2) is 21.4 Å². The van der Waals surface area contributed by atoms with E-state index in [1.165, 1.54) is 25.3 Å². The van der Waals surface area contributed by atoms with E-state index < -0.39 is 27.6 Å². The number of hydrogen-bond acceptors (Lipinski definition) is 4. The van der Waals surface area contributed by atoms with Crippen molar-refractivity contribution in [3.8, 4) is 5.75 Å². The molecular formula is C20H15BrF2N2O4S. The molecule has 0 bridgehead atoms. The van der Waals surface area contributed by atoms with Crippen molar-refractivity contribution in [1.29, 1.82) is 0 Å². The summed E-state index contributed by atoms with van der Waals surface area (Å²) in [5.41, 5.74) is 0.334. The molecular weight excluding hydrogens is 482 g/mol. The molecule has 0 aliphatic heterocycles. The molecule has 2 N–H and O–H groups in total. The van der Waals surface area contributed by atoms with E-state index >= 15 is 0 Å². The van der Waals surface area contributed by atoms with Crippen LogP contribution in [-0.2, 0) is 10.0 Å². The highest BCUT2D eigenvalue weighted by Gasteiger charge is 2.21. The summed E-state index contributed by atoms with van der Waals surface area (Å²) in [7, 11) is -2.74. The molecule has 30 heavy (non-hydrogen) atoms. The van der Waals surface area contributed by atoms with Gasteiger partial charge in [0.15, 0.2) is 11.6 Å². The van der Waals surface area contributed by atoms with Crippen molar-refractivity contribution in [1.82, 2.24) is 0 Å². The molecule has 0 saturated carbocycles. The van der Waals surface area contributed by atoms with Gasteiger partial charge in [0.1, 0.15) is 10.6 Å². The number of amides is 1. The summed E-state index contributed by atoms with van der Waals surface area (Å²) in [4.78, 5) is 12.1. The van der Waals surface area contributed by atoms with Crippen molar-refractivity contribution in [2.75, 3.05) is 17.1 Å². The molecule has 0 aliphatic rings. The smallest absolute Gasteiger partial charge is 0.265 e. The lowest BCUT2D eigenvalue weighted by atomic mass is 10.2. The van der Waals surface area contributed by atoms with Crippen molar-refractivity contribution in [3.05, 3.63) is 82.3 Å². The predicted molar refractivity (Wildman–Crippen MR) is 112 cm³/mol. The largest absolute Gasteiger partial charge is 0.495 e. The Morgan fingerprint density at radius 3 is 2.23 bits per heavy atom. The Balaban J connectivity index is 1.89. The Morgan fingerprint density at radius 2 is 1.60 bits per heavy atom. The van der Waals surface area contributed by atoms with Crippen LogP contribution in [0.15, 0.2) is 70.0 Å². The van der Waals surface area contributed by atoms with Gasteiger partial charge < -0.3 is 10.1 Å². The van der Waals surface area contributed by atoms with Crippen LogP contribution in [0.5, 0.6) is 5.75 Å². The highest BCUT2D eigenvalue weighted by atomic mass is 79.9. The molecule has 3 aromatic rings. The van der Waals surface area contributed by atoms with E-state index in [1.54, 1.807) is 24.3 Å². The third-order valence-electron chi connectivity index (χ3n) is 3.99. The lowest BCUT2D eigenvalue weighted by molar-refractivity contribution is 0.102. The zero-order valence-corrected chi connectivity index (χ0v) is 17.9. The maximum absolute atomic E-state index is 13.4. The zero-order chi connectivity index (χ0) is 21.9. The van der Waals surface area contributed by atoms with Crippen molar-refractivity contribution in [2.45, 2.75) is 4.90 Å². The fourth-order valence-corrected chi connectivity index (χ4v) is 4.05. The van der Waals surface area contributed by atoms with Crippen molar-refractivity contribution < 1.29 is 26.7 Å². The average molecular weight is 497 g/mol. The van der Waals surface area contributed by atoms with Crippen LogP contribution in [0.1, 0.15) is 10.4 Å². The molecule has 0 radical (unpaired) electrons. The summed E-state index contributed by atoms with van der Waals surface area (Å²) < 4.78 is 60.5. The third-order valence-corrected chi connectivity index (χ3v) is 5.92. The number of carbonyl (C=O) groups excluding carboxylic acids is 1. The molecule has 3 aromatic carbocycles. The van der Waals surface area contributed by atoms with Gasteiger partial charge in [0.25, 0.3) is 15.9 Å². The second kappa shape index (κ2) is 8.80. The number of hydrogen-bond donors (Lipinski definition) is 2. The van der Waals surface area contributed by atoms with Crippen LogP contribution in [0.2, 0.25) is 0 Å². The van der Waals surface area contributed by atoms with E-state index in [-0.39, 0.29) is 21.9 Å². The first-order valence-electron chi connectivity index (χ1n) is 8.42. The summed E-state index contributed by atoms with van der Waals surface area (Å²) in [5, 5.41) is 2.46. The number of halogens is 3. The van der Waals surface area contributed by atoms with Gasteiger partial charge in [-0.1, -0.05) is 15.9 Å². The normalized spacial score (nSPS) is 11.1. The second-order valence-electron chi connectivity index (χ2n) is 6.06. The van der Waals surface area contributed by atoms with Gasteiger partial charge in [-0.05, 0) is 60.7 Å². The summed E-state index contributed by atoms with van der Waals surface area (Å²) in [6.07, 6.45) is 0. The molecule has 3 rings (SSSR count). The minimum absolute atomic E-state index is 0.0606. The fourth-order valence-electron chi connectivity index (χ4n) is 2.53. The lowest BCUT2D eigenvalue weighted by Crippen LogP contribution is -2.16. The van der Waals surface area contributed by atoms with Crippen molar-refractivity contribution in [2.24, 2.45) is 0 Å². The molecule has 0 fully saturated rings. The standard InChI is InChI=1S/C20H15BrF2N2O4S/c1-29-18-9-7-15(24-20(26)12-2-8-16(22)17(23)10-12)11-19(18)30(27,28)25-14-5-3-13(21)4-6-14/h2-11,25H,1H3,(H,24,26). The van der Waals surface area contributed by atoms with Gasteiger partial charge in [0.2, 0.25) is 0 Å². The Kier molecular flexibility index (Phi) is 6.37. The minimum atomic E-state index is -4.06. The molecule has 156 valence electrons. The van der Waals surface area contributed by atoms with Gasteiger partial charge >= 0.3 is 0 Å². The molecule has 1 amide bonds. The fraction of sp³-hybridized carbons (Fsp3) is 0.0500. The number of methoxy groups -OCH3 is 1. The van der Waals surface area contributed by atoms with Gasteiger partial charge in [-0.15, -0.1) is 0 Å². The number of benzene rings is 3. The molecule has 0 saturated heterocycles. The van der Waals surface area contributed by atoms with Gasteiger partial charge in [-0.3, -0.25) is 9.52 Å². The number of anilines is 2. The van der Waals surface area contributed by atoms with Crippen LogP contribution in [0, 0.1) is 11.6 Å². The summed E-state index contributed by atoms with van der Waals surface area (Å²) in [6, 6.07) is 13.2. The number of rotatable bonds is 6. The zero-order valence-electron chi connectivity index (χ0n) is 15.4. The highest BCUT2D eigenvalue weighted by Crippen LogP contribution is 2.29. The maximum Gasteiger partial charge on any atom is 0.265 e. The van der Waals surface area contributed by atoms with E-state index in [0.717, 1.165) is 22.7 Å². The van der Waals surface area contributed by atoms with E-state index in [1.807, 2.05) is 0 Å². The molecule has 0 unspecified atom stereocenters. The number of carbonyl (C=O) groups is 1. The molecule has 0 spiro atoms. The molecule has 0 atom stereocenters. The van der Waals surface area contributed by atoms with Crippen LogP contribution < -0.4 is 14.8 Å². The third kappa shape index (κ3) is 4.95. The predicted octanol–water partition coefficient (Wildman–Crippen LogP) is 4.79. The Bertz CT molecular complexity index is 1200. The molecule has 0 heterocycles. The monoisotopic (exact) mass is 496 g/mol. The molecule has 0 aliphatic carbocycles. The topological polar surface area (TPSA) is 84.5 Å². The van der Waals surface area contributed by atoms with Gasteiger partial charge in [-0.25, -0.2) is 17.2 Å². The number of ether oxygens (including phenoxy) is 1. The van der Waals surface area contributed by atoms with Crippen LogP contribution in [0.4, 0.5) is 20.2 Å². The summed E-state index contributed by atoms with van der Waals surface area (Å²) in [5.74, 6) is -2.92.